The van der Waals surface area contributed by atoms with E-state index in [-0.39, 0.29) is 10.1 Å². The van der Waals surface area contributed by atoms with Crippen molar-refractivity contribution in [2.75, 3.05) is 0 Å². The summed E-state index contributed by atoms with van der Waals surface area (Å²) < 4.78 is 27.7. The molecule has 0 aliphatic heterocycles. The zero-order chi connectivity index (χ0) is 15.3. The largest absolute Gasteiger partial charge is 0.391 e. The SMILES string of the molecule is C=CC[C@H](O)[C@H](NS(=O)(=O)c1ccc(Cl)s1)[C@@H](C)CC. The quantitative estimate of drug-likeness (QED) is 0.716. The van der Waals surface area contributed by atoms with E-state index >= 15 is 0 Å². The van der Waals surface area contributed by atoms with Crippen LogP contribution in [0, 0.1) is 5.92 Å². The van der Waals surface area contributed by atoms with E-state index in [4.69, 9.17) is 11.6 Å². The van der Waals surface area contributed by atoms with Gasteiger partial charge in [0.1, 0.15) is 4.21 Å². The highest BCUT2D eigenvalue weighted by molar-refractivity contribution is 7.91. The molecule has 1 heterocycles. The van der Waals surface area contributed by atoms with E-state index in [2.05, 4.69) is 11.3 Å². The molecule has 1 aromatic rings. The lowest BCUT2D eigenvalue weighted by Gasteiger charge is -2.28. The molecule has 0 radical (unpaired) electrons. The highest BCUT2D eigenvalue weighted by Crippen LogP contribution is 2.26. The first-order valence-corrected chi connectivity index (χ1v) is 9.06. The summed E-state index contributed by atoms with van der Waals surface area (Å²) in [6.45, 7) is 7.43. The first-order valence-electron chi connectivity index (χ1n) is 6.38. The van der Waals surface area contributed by atoms with Gasteiger partial charge in [-0.25, -0.2) is 13.1 Å². The molecule has 1 aromatic heterocycles. The number of aliphatic hydroxyl groups is 1. The Labute approximate surface area is 129 Å². The number of thiophene rings is 1. The van der Waals surface area contributed by atoms with Gasteiger partial charge in [-0.1, -0.05) is 37.9 Å². The summed E-state index contributed by atoms with van der Waals surface area (Å²) in [5.74, 6) is 0.00941. The van der Waals surface area contributed by atoms with E-state index in [0.29, 0.717) is 10.8 Å². The summed E-state index contributed by atoms with van der Waals surface area (Å²) in [4.78, 5) is 0. The molecule has 3 atom stereocenters. The van der Waals surface area contributed by atoms with Gasteiger partial charge in [0.2, 0.25) is 10.0 Å². The van der Waals surface area contributed by atoms with E-state index in [1.807, 2.05) is 13.8 Å². The van der Waals surface area contributed by atoms with Gasteiger partial charge in [0, 0.05) is 0 Å². The van der Waals surface area contributed by atoms with Crippen molar-refractivity contribution in [1.82, 2.24) is 4.72 Å². The van der Waals surface area contributed by atoms with Crippen molar-refractivity contribution in [2.45, 2.75) is 43.0 Å². The number of aliphatic hydroxyl groups excluding tert-OH is 1. The maximum Gasteiger partial charge on any atom is 0.250 e. The topological polar surface area (TPSA) is 66.4 Å². The van der Waals surface area contributed by atoms with Gasteiger partial charge in [-0.2, -0.15) is 0 Å². The second kappa shape index (κ2) is 7.56. The lowest BCUT2D eigenvalue weighted by molar-refractivity contribution is 0.114. The molecule has 0 aromatic carbocycles. The third-order valence-electron chi connectivity index (χ3n) is 3.18. The molecule has 0 saturated heterocycles. The number of nitrogens with one attached hydrogen (secondary N) is 1. The van der Waals surface area contributed by atoms with Gasteiger partial charge in [-0.05, 0) is 24.5 Å². The van der Waals surface area contributed by atoms with Gasteiger partial charge >= 0.3 is 0 Å². The fourth-order valence-corrected chi connectivity index (χ4v) is 4.70. The molecule has 0 aliphatic rings. The Morgan fingerprint density at radius 2 is 2.20 bits per heavy atom. The number of rotatable bonds is 8. The number of sulfonamides is 1. The fourth-order valence-electron chi connectivity index (χ4n) is 1.82. The predicted molar refractivity (Wildman–Crippen MR) is 83.7 cm³/mol. The lowest BCUT2D eigenvalue weighted by Crippen LogP contribution is -2.46. The van der Waals surface area contributed by atoms with E-state index in [0.717, 1.165) is 17.8 Å². The van der Waals surface area contributed by atoms with Gasteiger partial charge in [-0.3, -0.25) is 0 Å². The molecule has 4 nitrogen and oxygen atoms in total. The van der Waals surface area contributed by atoms with E-state index in [1.165, 1.54) is 6.07 Å². The van der Waals surface area contributed by atoms with Gasteiger partial charge in [0.25, 0.3) is 0 Å². The predicted octanol–water partition coefficient (Wildman–Crippen LogP) is 3.03. The monoisotopic (exact) mass is 337 g/mol. The Balaban J connectivity index is 2.96. The average molecular weight is 338 g/mol. The number of hydrogen-bond donors (Lipinski definition) is 2. The van der Waals surface area contributed by atoms with Crippen LogP contribution >= 0.6 is 22.9 Å². The Morgan fingerprint density at radius 1 is 1.55 bits per heavy atom. The molecule has 0 amide bonds. The summed E-state index contributed by atoms with van der Waals surface area (Å²) in [6.07, 6.45) is 1.87. The molecule has 20 heavy (non-hydrogen) atoms. The van der Waals surface area contributed by atoms with Crippen molar-refractivity contribution < 1.29 is 13.5 Å². The van der Waals surface area contributed by atoms with Gasteiger partial charge < -0.3 is 5.11 Å². The second-order valence-electron chi connectivity index (χ2n) is 4.68. The molecule has 114 valence electrons. The summed E-state index contributed by atoms with van der Waals surface area (Å²) in [5, 5.41) is 10.1. The summed E-state index contributed by atoms with van der Waals surface area (Å²) in [5.41, 5.74) is 0. The van der Waals surface area contributed by atoms with Crippen LogP contribution in [0.1, 0.15) is 26.7 Å². The molecular weight excluding hydrogens is 318 g/mol. The van der Waals surface area contributed by atoms with Crippen LogP contribution in [-0.4, -0.2) is 25.7 Å². The van der Waals surface area contributed by atoms with Crippen molar-refractivity contribution in [3.05, 3.63) is 29.1 Å². The first-order chi connectivity index (χ1) is 9.31. The molecule has 1 rings (SSSR count). The minimum Gasteiger partial charge on any atom is -0.391 e. The highest BCUT2D eigenvalue weighted by atomic mass is 35.5. The van der Waals surface area contributed by atoms with Gasteiger partial charge in [0.15, 0.2) is 0 Å². The van der Waals surface area contributed by atoms with E-state index in [1.54, 1.807) is 12.1 Å². The van der Waals surface area contributed by atoms with Crippen LogP contribution in [0.2, 0.25) is 4.34 Å². The van der Waals surface area contributed by atoms with Crippen LogP contribution in [0.3, 0.4) is 0 Å². The van der Waals surface area contributed by atoms with Crippen LogP contribution in [0.4, 0.5) is 0 Å². The Hall–Kier alpha value is -0.400. The third kappa shape index (κ3) is 4.56. The zero-order valence-corrected chi connectivity index (χ0v) is 13.9. The van der Waals surface area contributed by atoms with Crippen molar-refractivity contribution in [3.63, 3.8) is 0 Å². The normalized spacial score (nSPS) is 16.6. The molecule has 7 heteroatoms. The Bertz CT molecular complexity index is 542. The van der Waals surface area contributed by atoms with E-state index < -0.39 is 22.2 Å². The molecular formula is C13H20ClNO3S2. The number of halogens is 1. The van der Waals surface area contributed by atoms with Crippen LogP contribution in [0.15, 0.2) is 29.0 Å². The average Bonchev–Trinajstić information content (AvgIpc) is 2.83. The van der Waals surface area contributed by atoms with Crippen LogP contribution in [-0.2, 0) is 10.0 Å². The second-order valence-corrected chi connectivity index (χ2v) is 8.34. The lowest BCUT2D eigenvalue weighted by atomic mass is 9.94. The first kappa shape index (κ1) is 17.7. The summed E-state index contributed by atoms with van der Waals surface area (Å²) >= 11 is 6.76. The zero-order valence-electron chi connectivity index (χ0n) is 11.5. The van der Waals surface area contributed by atoms with Crippen LogP contribution in [0.25, 0.3) is 0 Å². The standard InChI is InChI=1S/C13H20ClNO3S2/c1-4-6-10(16)13(9(3)5-2)15-20(17,18)12-8-7-11(14)19-12/h4,7-10,13,15-16H,1,5-6H2,2-3H3/t9-,10-,13+/m0/s1. The van der Waals surface area contributed by atoms with Gasteiger partial charge in [-0.15, -0.1) is 17.9 Å². The molecule has 0 spiro atoms. The maximum atomic E-state index is 12.3. The molecule has 0 aliphatic carbocycles. The van der Waals surface area contributed by atoms with Crippen molar-refractivity contribution in [3.8, 4) is 0 Å². The summed E-state index contributed by atoms with van der Waals surface area (Å²) in [6, 6.07) is 2.45. The Kier molecular flexibility index (Phi) is 6.68. The van der Waals surface area contributed by atoms with Crippen molar-refractivity contribution in [2.24, 2.45) is 5.92 Å². The fraction of sp³-hybridized carbons (Fsp3) is 0.538. The maximum absolute atomic E-state index is 12.3. The van der Waals surface area contributed by atoms with Crippen molar-refractivity contribution in [1.29, 1.82) is 0 Å². The van der Waals surface area contributed by atoms with Crippen molar-refractivity contribution >= 4 is 33.0 Å². The summed E-state index contributed by atoms with van der Waals surface area (Å²) in [7, 11) is -3.67. The molecule has 0 saturated carbocycles. The molecule has 2 N–H and O–H groups in total. The smallest absolute Gasteiger partial charge is 0.250 e. The number of hydrogen-bond acceptors (Lipinski definition) is 4. The molecule has 0 unspecified atom stereocenters. The minimum atomic E-state index is -3.67. The van der Waals surface area contributed by atoms with Crippen LogP contribution in [0.5, 0.6) is 0 Å². The van der Waals surface area contributed by atoms with Crippen LogP contribution < -0.4 is 4.72 Å². The molecule has 0 bridgehead atoms. The highest BCUT2D eigenvalue weighted by Gasteiger charge is 2.29. The van der Waals surface area contributed by atoms with Gasteiger partial charge in [0.05, 0.1) is 16.5 Å². The third-order valence-corrected chi connectivity index (χ3v) is 6.37. The molecule has 0 fully saturated rings. The minimum absolute atomic E-state index is 0.00941. The Morgan fingerprint density at radius 3 is 2.65 bits per heavy atom. The van der Waals surface area contributed by atoms with E-state index in [9.17, 15) is 13.5 Å².